The minimum absolute atomic E-state index is 0.145. The van der Waals surface area contributed by atoms with E-state index in [1.54, 1.807) is 12.3 Å². The summed E-state index contributed by atoms with van der Waals surface area (Å²) >= 11 is 0. The molecule has 0 spiro atoms. The van der Waals surface area contributed by atoms with Gasteiger partial charge < -0.3 is 10.7 Å². The summed E-state index contributed by atoms with van der Waals surface area (Å²) in [4.78, 5) is 15.9. The van der Waals surface area contributed by atoms with Crippen molar-refractivity contribution in [3.63, 3.8) is 0 Å². The van der Waals surface area contributed by atoms with Gasteiger partial charge in [-0.3, -0.25) is 15.6 Å². The van der Waals surface area contributed by atoms with Crippen LogP contribution in [0.15, 0.2) is 48.8 Å². The molecular weight excluding hydrogens is 252 g/mol. The number of nitrogen functional groups attached to an aromatic ring is 1. The highest BCUT2D eigenvalue weighted by molar-refractivity contribution is 5.99. The number of nitrogens with two attached hydrogens (primary N) is 1. The maximum absolute atomic E-state index is 12.0. The summed E-state index contributed by atoms with van der Waals surface area (Å²) in [5, 5.41) is 2.88. The van der Waals surface area contributed by atoms with Crippen LogP contribution in [-0.2, 0) is 6.42 Å². The van der Waals surface area contributed by atoms with Crippen molar-refractivity contribution < 1.29 is 4.79 Å². The second-order valence-electron chi connectivity index (χ2n) is 4.41. The van der Waals surface area contributed by atoms with Gasteiger partial charge in [-0.25, -0.2) is 0 Å². The normalized spacial score (nSPS) is 10.1. The first-order chi connectivity index (χ1) is 9.81. The number of pyridine rings is 1. The lowest BCUT2D eigenvalue weighted by Crippen LogP contribution is -2.26. The predicted molar refractivity (Wildman–Crippen MR) is 79.1 cm³/mol. The van der Waals surface area contributed by atoms with E-state index in [4.69, 9.17) is 5.84 Å². The lowest BCUT2D eigenvalue weighted by atomic mass is 10.1. The summed E-state index contributed by atoms with van der Waals surface area (Å²) in [6.45, 7) is 0.625. The Bertz CT molecular complexity index is 557. The van der Waals surface area contributed by atoms with Crippen molar-refractivity contribution in [2.75, 3.05) is 12.0 Å². The number of benzene rings is 1. The van der Waals surface area contributed by atoms with Crippen LogP contribution in [0.3, 0.4) is 0 Å². The van der Waals surface area contributed by atoms with Gasteiger partial charge in [-0.1, -0.05) is 30.3 Å². The van der Waals surface area contributed by atoms with Crippen LogP contribution in [0.25, 0.3) is 0 Å². The number of rotatable bonds is 6. The molecule has 5 nitrogen and oxygen atoms in total. The number of nitrogens with one attached hydrogen (secondary N) is 2. The van der Waals surface area contributed by atoms with Gasteiger partial charge in [0.15, 0.2) is 0 Å². The fourth-order valence-electron chi connectivity index (χ4n) is 1.94. The van der Waals surface area contributed by atoms with E-state index < -0.39 is 0 Å². The maximum Gasteiger partial charge on any atom is 0.253 e. The van der Waals surface area contributed by atoms with Gasteiger partial charge in [0.05, 0.1) is 17.4 Å². The molecule has 104 valence electrons. The van der Waals surface area contributed by atoms with E-state index in [-0.39, 0.29) is 5.91 Å². The lowest BCUT2D eigenvalue weighted by Gasteiger charge is -2.09. The molecule has 1 heterocycles. The van der Waals surface area contributed by atoms with Gasteiger partial charge in [0, 0.05) is 12.7 Å². The van der Waals surface area contributed by atoms with Crippen molar-refractivity contribution in [1.82, 2.24) is 10.3 Å². The zero-order valence-electron chi connectivity index (χ0n) is 11.2. The van der Waals surface area contributed by atoms with Crippen molar-refractivity contribution >= 4 is 11.6 Å². The zero-order valence-corrected chi connectivity index (χ0v) is 11.2. The predicted octanol–water partition coefficient (Wildman–Crippen LogP) is 1.73. The van der Waals surface area contributed by atoms with Crippen LogP contribution in [0.2, 0.25) is 0 Å². The molecule has 4 N–H and O–H groups in total. The molecule has 0 saturated heterocycles. The summed E-state index contributed by atoms with van der Waals surface area (Å²) in [7, 11) is 0. The number of aryl methyl sites for hydroxylation is 1. The lowest BCUT2D eigenvalue weighted by molar-refractivity contribution is 0.0954. The third kappa shape index (κ3) is 3.80. The number of anilines is 1. The quantitative estimate of drug-likeness (QED) is 0.424. The molecule has 0 radical (unpaired) electrons. The van der Waals surface area contributed by atoms with Crippen LogP contribution in [0, 0.1) is 0 Å². The molecule has 2 aromatic rings. The number of nitrogens with zero attached hydrogens (tertiary/aromatic N) is 1. The maximum atomic E-state index is 12.0. The first-order valence-corrected chi connectivity index (χ1v) is 6.54. The second-order valence-corrected chi connectivity index (χ2v) is 4.41. The van der Waals surface area contributed by atoms with E-state index in [2.05, 4.69) is 27.9 Å². The number of carbonyl (C=O) groups excluding carboxylic acids is 1. The molecule has 1 aromatic heterocycles. The molecule has 0 bridgehead atoms. The molecule has 0 unspecified atom stereocenters. The van der Waals surface area contributed by atoms with Crippen molar-refractivity contribution in [2.24, 2.45) is 5.84 Å². The molecule has 0 saturated carbocycles. The van der Waals surface area contributed by atoms with Gasteiger partial charge in [-0.2, -0.15) is 0 Å². The van der Waals surface area contributed by atoms with Gasteiger partial charge in [0.2, 0.25) is 0 Å². The number of carbonyl (C=O) groups is 1. The molecule has 0 aliphatic carbocycles. The van der Waals surface area contributed by atoms with E-state index in [0.717, 1.165) is 12.8 Å². The van der Waals surface area contributed by atoms with Crippen LogP contribution in [-0.4, -0.2) is 17.4 Å². The molecule has 2 rings (SSSR count). The monoisotopic (exact) mass is 270 g/mol. The van der Waals surface area contributed by atoms with Crippen LogP contribution >= 0.6 is 0 Å². The Morgan fingerprint density at radius 1 is 1.20 bits per heavy atom. The molecule has 0 aliphatic heterocycles. The van der Waals surface area contributed by atoms with E-state index >= 15 is 0 Å². The Hall–Kier alpha value is -2.40. The van der Waals surface area contributed by atoms with Gasteiger partial charge in [0.1, 0.15) is 0 Å². The average molecular weight is 270 g/mol. The van der Waals surface area contributed by atoms with Gasteiger partial charge in [-0.05, 0) is 24.5 Å². The third-order valence-electron chi connectivity index (χ3n) is 2.99. The summed E-state index contributed by atoms with van der Waals surface area (Å²) in [5.41, 5.74) is 4.77. The highest BCUT2D eigenvalue weighted by Gasteiger charge is 2.09. The van der Waals surface area contributed by atoms with Crippen LogP contribution in [0.5, 0.6) is 0 Å². The van der Waals surface area contributed by atoms with Crippen molar-refractivity contribution in [3.05, 3.63) is 59.9 Å². The van der Waals surface area contributed by atoms with Crippen molar-refractivity contribution in [3.8, 4) is 0 Å². The van der Waals surface area contributed by atoms with E-state index in [1.165, 1.54) is 11.8 Å². The van der Waals surface area contributed by atoms with Crippen LogP contribution < -0.4 is 16.6 Å². The number of hydrazine groups is 1. The zero-order chi connectivity index (χ0) is 14.2. The third-order valence-corrected chi connectivity index (χ3v) is 2.99. The fourth-order valence-corrected chi connectivity index (χ4v) is 1.94. The summed E-state index contributed by atoms with van der Waals surface area (Å²) in [6, 6.07) is 11.8. The molecule has 0 fully saturated rings. The minimum atomic E-state index is -0.145. The van der Waals surface area contributed by atoms with Crippen molar-refractivity contribution in [1.29, 1.82) is 0 Å². The van der Waals surface area contributed by atoms with E-state index in [0.29, 0.717) is 17.8 Å². The number of amides is 1. The topological polar surface area (TPSA) is 80.0 Å². The summed E-state index contributed by atoms with van der Waals surface area (Å²) in [5.74, 6) is 5.20. The number of hydrogen-bond donors (Lipinski definition) is 3. The number of hydrogen-bond acceptors (Lipinski definition) is 4. The molecule has 0 aliphatic rings. The minimum Gasteiger partial charge on any atom is -0.352 e. The molecule has 1 aromatic carbocycles. The molecule has 1 amide bonds. The van der Waals surface area contributed by atoms with Gasteiger partial charge in [-0.15, -0.1) is 0 Å². The molecular formula is C15H18N4O. The second kappa shape index (κ2) is 7.25. The first-order valence-electron chi connectivity index (χ1n) is 6.54. The Morgan fingerprint density at radius 2 is 2.00 bits per heavy atom. The van der Waals surface area contributed by atoms with E-state index in [9.17, 15) is 4.79 Å². The highest BCUT2D eigenvalue weighted by atomic mass is 16.1. The Labute approximate surface area is 118 Å². The SMILES string of the molecule is NNc1cnccc1C(=O)NCCCc1ccccc1. The molecule has 0 atom stereocenters. The summed E-state index contributed by atoms with van der Waals surface area (Å²) in [6.07, 6.45) is 4.93. The van der Waals surface area contributed by atoms with Gasteiger partial charge >= 0.3 is 0 Å². The molecule has 5 heteroatoms. The van der Waals surface area contributed by atoms with Crippen LogP contribution in [0.1, 0.15) is 22.3 Å². The van der Waals surface area contributed by atoms with Crippen LogP contribution in [0.4, 0.5) is 5.69 Å². The Morgan fingerprint density at radius 3 is 2.75 bits per heavy atom. The fraction of sp³-hybridized carbons (Fsp3) is 0.200. The smallest absolute Gasteiger partial charge is 0.253 e. The first kappa shape index (κ1) is 14.0. The highest BCUT2D eigenvalue weighted by Crippen LogP contribution is 2.11. The number of aromatic nitrogens is 1. The average Bonchev–Trinajstić information content (AvgIpc) is 2.52. The molecule has 20 heavy (non-hydrogen) atoms. The Kier molecular flexibility index (Phi) is 5.08. The van der Waals surface area contributed by atoms with Crippen molar-refractivity contribution in [2.45, 2.75) is 12.8 Å². The Balaban J connectivity index is 1.81. The standard InChI is InChI=1S/C15H18N4O/c16-19-14-11-17-10-8-13(14)15(20)18-9-4-7-12-5-2-1-3-6-12/h1-3,5-6,8,10-11,19H,4,7,9,16H2,(H,18,20). The largest absolute Gasteiger partial charge is 0.352 e. The van der Waals surface area contributed by atoms with E-state index in [1.807, 2.05) is 18.2 Å². The van der Waals surface area contributed by atoms with Gasteiger partial charge in [0.25, 0.3) is 5.91 Å². The summed E-state index contributed by atoms with van der Waals surface area (Å²) < 4.78 is 0.